The van der Waals surface area contributed by atoms with E-state index in [1.54, 1.807) is 27.0 Å². The van der Waals surface area contributed by atoms with Crippen LogP contribution in [0.15, 0.2) is 54.6 Å². The lowest BCUT2D eigenvalue weighted by molar-refractivity contribution is -0.135. The van der Waals surface area contributed by atoms with Crippen LogP contribution in [-0.2, 0) is 25.1 Å². The minimum atomic E-state index is -2.14. The van der Waals surface area contributed by atoms with Crippen molar-refractivity contribution in [3.8, 4) is 0 Å². The summed E-state index contributed by atoms with van der Waals surface area (Å²) in [6.45, 7) is 20.5. The maximum atomic E-state index is 13.4. The predicted octanol–water partition coefficient (Wildman–Crippen LogP) is 5.75. The third-order valence-electron chi connectivity index (χ3n) is 7.95. The highest BCUT2D eigenvalue weighted by Crippen LogP contribution is 2.39. The molecule has 1 saturated heterocycles. The molecule has 1 aromatic carbocycles. The summed E-state index contributed by atoms with van der Waals surface area (Å²) in [5.41, 5.74) is 1.64. The van der Waals surface area contributed by atoms with Crippen molar-refractivity contribution in [2.24, 2.45) is 11.8 Å². The monoisotopic (exact) mass is 545 g/mol. The normalized spacial score (nSPS) is 20.9. The van der Waals surface area contributed by atoms with E-state index in [9.17, 15) is 14.7 Å². The number of cyclic esters (lactones) is 1. The molecule has 8 heteroatoms. The maximum absolute atomic E-state index is 13.4. The smallest absolute Gasteiger partial charge is 0.416 e. The van der Waals surface area contributed by atoms with Crippen molar-refractivity contribution in [2.75, 3.05) is 13.7 Å². The van der Waals surface area contributed by atoms with Gasteiger partial charge >= 0.3 is 6.09 Å². The van der Waals surface area contributed by atoms with Gasteiger partial charge in [0.25, 0.3) is 0 Å². The Hall–Kier alpha value is -2.26. The van der Waals surface area contributed by atoms with Crippen LogP contribution in [0.25, 0.3) is 0 Å². The number of ether oxygens (including phenoxy) is 2. The van der Waals surface area contributed by atoms with E-state index in [2.05, 4.69) is 40.4 Å². The van der Waals surface area contributed by atoms with Gasteiger partial charge in [-0.2, -0.15) is 0 Å². The Morgan fingerprint density at radius 1 is 1.26 bits per heavy atom. The quantitative estimate of drug-likeness (QED) is 0.266. The van der Waals surface area contributed by atoms with E-state index in [1.165, 1.54) is 4.90 Å². The second-order valence-electron chi connectivity index (χ2n) is 11.9. The number of aliphatic hydroxyl groups is 1. The first-order valence-electron chi connectivity index (χ1n) is 13.4. The van der Waals surface area contributed by atoms with Crippen molar-refractivity contribution in [1.29, 1.82) is 0 Å². The number of carbonyl (C=O) groups is 2. The number of aliphatic hydroxyl groups excluding tert-OH is 1. The molecule has 0 aliphatic carbocycles. The molecule has 2 amide bonds. The Morgan fingerprint density at radius 3 is 2.39 bits per heavy atom. The molecule has 1 unspecified atom stereocenters. The molecule has 1 aliphatic heterocycles. The van der Waals surface area contributed by atoms with E-state index in [-0.39, 0.29) is 29.8 Å². The van der Waals surface area contributed by atoms with Crippen molar-refractivity contribution in [1.82, 2.24) is 4.90 Å². The molecule has 1 heterocycles. The fourth-order valence-corrected chi connectivity index (χ4v) is 5.86. The number of benzene rings is 1. The molecule has 38 heavy (non-hydrogen) atoms. The number of amides is 2. The molecule has 1 fully saturated rings. The number of hydrogen-bond donors (Lipinski definition) is 1. The summed E-state index contributed by atoms with van der Waals surface area (Å²) in [7, 11) is -0.508. The molecule has 1 N–H and O–H groups in total. The van der Waals surface area contributed by atoms with Gasteiger partial charge in [0, 0.05) is 13.0 Å². The fraction of sp³-hybridized carbons (Fsp3) is 0.600. The molecule has 7 nitrogen and oxygen atoms in total. The van der Waals surface area contributed by atoms with Crippen LogP contribution in [0.3, 0.4) is 0 Å². The SMILES string of the molecule is C=C[C@@H](OC)[C@@H](O[Si](C)(C)C(C)(C)C)[C@H](C)/C=C(/C)[C@H](O)C(C)C(=O)N1C(=O)OC[C@H]1Cc1ccccc1. The Bertz CT molecular complexity index is 986. The molecule has 6 atom stereocenters. The van der Waals surface area contributed by atoms with Gasteiger partial charge in [-0.1, -0.05) is 77.1 Å². The van der Waals surface area contributed by atoms with Gasteiger partial charge in [0.1, 0.15) is 12.7 Å². The highest BCUT2D eigenvalue weighted by atomic mass is 28.4. The highest BCUT2D eigenvalue weighted by Gasteiger charge is 2.43. The van der Waals surface area contributed by atoms with Gasteiger partial charge in [-0.05, 0) is 42.6 Å². The van der Waals surface area contributed by atoms with Crippen LogP contribution in [0, 0.1) is 11.8 Å². The number of methoxy groups -OCH3 is 1. The van der Waals surface area contributed by atoms with E-state index in [0.717, 1.165) is 5.56 Å². The molecule has 0 aromatic heterocycles. The molecule has 0 saturated carbocycles. The lowest BCUT2D eigenvalue weighted by atomic mass is 9.91. The van der Waals surface area contributed by atoms with Gasteiger partial charge in [0.2, 0.25) is 5.91 Å². The Labute approximate surface area is 230 Å². The average Bonchev–Trinajstić information content (AvgIpc) is 3.21. The summed E-state index contributed by atoms with van der Waals surface area (Å²) >= 11 is 0. The minimum absolute atomic E-state index is 0.00423. The Kier molecular flexibility index (Phi) is 11.1. The molecule has 1 aliphatic rings. The van der Waals surface area contributed by atoms with Crippen molar-refractivity contribution >= 4 is 20.3 Å². The van der Waals surface area contributed by atoms with Gasteiger partial charge in [0.05, 0.1) is 24.2 Å². The number of nitrogens with zero attached hydrogens (tertiary/aromatic N) is 1. The Balaban J connectivity index is 2.22. The van der Waals surface area contributed by atoms with Crippen molar-refractivity contribution in [2.45, 2.75) is 90.4 Å². The molecule has 0 radical (unpaired) electrons. The van der Waals surface area contributed by atoms with E-state index in [1.807, 2.05) is 43.3 Å². The summed E-state index contributed by atoms with van der Waals surface area (Å²) in [5, 5.41) is 11.2. The van der Waals surface area contributed by atoms with E-state index in [4.69, 9.17) is 13.9 Å². The van der Waals surface area contributed by atoms with Crippen LogP contribution < -0.4 is 0 Å². The lowest BCUT2D eigenvalue weighted by Crippen LogP contribution is -2.49. The standard InChI is InChI=1S/C30H47NO6Si/c1-11-25(35-8)27(37-38(9,10)30(5,6)7)21(3)17-20(2)26(32)22(4)28(33)31-24(19-36-29(31)34)18-23-15-13-12-14-16-23/h11-17,21-22,24-27,32H,1,18-19H2,2-10H3/b20-17-/t21-,22?,24-,25-,26+,27+/m1/s1. The molecule has 0 bridgehead atoms. The van der Waals surface area contributed by atoms with E-state index < -0.39 is 38.4 Å². The first-order valence-corrected chi connectivity index (χ1v) is 16.3. The van der Waals surface area contributed by atoms with Crippen LogP contribution in [0.5, 0.6) is 0 Å². The van der Waals surface area contributed by atoms with Gasteiger partial charge in [-0.15, -0.1) is 6.58 Å². The molecule has 2 rings (SSSR count). The number of carbonyl (C=O) groups excluding carboxylic acids is 2. The van der Waals surface area contributed by atoms with Crippen molar-refractivity contribution < 1.29 is 28.6 Å². The first kappa shape index (κ1) is 32.0. The Morgan fingerprint density at radius 2 is 1.87 bits per heavy atom. The molecule has 1 aromatic rings. The summed E-state index contributed by atoms with van der Waals surface area (Å²) in [5.74, 6) is -1.41. The topological polar surface area (TPSA) is 85.3 Å². The second-order valence-corrected chi connectivity index (χ2v) is 16.7. The van der Waals surface area contributed by atoms with Crippen molar-refractivity contribution in [3.63, 3.8) is 0 Å². The van der Waals surface area contributed by atoms with Crippen LogP contribution >= 0.6 is 0 Å². The summed E-state index contributed by atoms with van der Waals surface area (Å²) in [6.07, 6.45) is 1.79. The van der Waals surface area contributed by atoms with E-state index >= 15 is 0 Å². The number of hydrogen-bond acceptors (Lipinski definition) is 6. The predicted molar refractivity (Wildman–Crippen MR) is 153 cm³/mol. The van der Waals surface area contributed by atoms with Gasteiger partial charge < -0.3 is 19.0 Å². The molecule has 212 valence electrons. The maximum Gasteiger partial charge on any atom is 0.416 e. The molecular weight excluding hydrogens is 498 g/mol. The van der Waals surface area contributed by atoms with Gasteiger partial charge in [-0.25, -0.2) is 9.69 Å². The van der Waals surface area contributed by atoms with Crippen LogP contribution in [0.2, 0.25) is 18.1 Å². The second kappa shape index (κ2) is 13.2. The zero-order chi connectivity index (χ0) is 28.8. The zero-order valence-corrected chi connectivity index (χ0v) is 25.6. The largest absolute Gasteiger partial charge is 0.447 e. The van der Waals surface area contributed by atoms with Crippen LogP contribution in [0.1, 0.15) is 47.1 Å². The van der Waals surface area contributed by atoms with Crippen molar-refractivity contribution in [3.05, 3.63) is 60.2 Å². The first-order chi connectivity index (χ1) is 17.6. The third kappa shape index (κ3) is 7.65. The molecule has 0 spiro atoms. The number of imide groups is 1. The van der Waals surface area contributed by atoms with E-state index in [0.29, 0.717) is 12.0 Å². The minimum Gasteiger partial charge on any atom is -0.447 e. The fourth-order valence-electron chi connectivity index (χ4n) is 4.48. The summed E-state index contributed by atoms with van der Waals surface area (Å²) in [6, 6.07) is 9.26. The third-order valence-corrected chi connectivity index (χ3v) is 12.4. The van der Waals surface area contributed by atoms with Crippen LogP contribution in [0.4, 0.5) is 4.79 Å². The molecular formula is C30H47NO6Si. The highest BCUT2D eigenvalue weighted by molar-refractivity contribution is 6.74. The average molecular weight is 546 g/mol. The van der Waals surface area contributed by atoms with Gasteiger partial charge in [0.15, 0.2) is 8.32 Å². The van der Waals surface area contributed by atoms with Gasteiger partial charge in [-0.3, -0.25) is 4.79 Å². The lowest BCUT2D eigenvalue weighted by Gasteiger charge is -2.42. The summed E-state index contributed by atoms with van der Waals surface area (Å²) in [4.78, 5) is 27.1. The number of rotatable bonds is 12. The summed E-state index contributed by atoms with van der Waals surface area (Å²) < 4.78 is 17.6. The zero-order valence-electron chi connectivity index (χ0n) is 24.6. The van der Waals surface area contributed by atoms with Crippen LogP contribution in [-0.4, -0.2) is 68.4 Å².